The van der Waals surface area contributed by atoms with Crippen molar-refractivity contribution in [1.29, 1.82) is 0 Å². The van der Waals surface area contributed by atoms with Crippen molar-refractivity contribution in [3.05, 3.63) is 18.2 Å². The molecule has 0 saturated heterocycles. The van der Waals surface area contributed by atoms with Crippen LogP contribution in [0, 0.1) is 5.41 Å². The maximum Gasteiger partial charge on any atom is 0.0951 e. The van der Waals surface area contributed by atoms with Gasteiger partial charge in [0, 0.05) is 31.4 Å². The number of hydrogen-bond acceptors (Lipinski definition) is 3. The molecule has 0 amide bonds. The standard InChI is InChI=1S/C14H25N3O/c1-14(2,3)13(6-7-18)16-9-12-8-15-10-17(12)11-4-5-11/h8,10-11,13,16,18H,4-7,9H2,1-3H3. The van der Waals surface area contributed by atoms with Gasteiger partial charge in [0.1, 0.15) is 0 Å². The summed E-state index contributed by atoms with van der Waals surface area (Å²) in [7, 11) is 0. The summed E-state index contributed by atoms with van der Waals surface area (Å²) in [5.41, 5.74) is 1.41. The van der Waals surface area contributed by atoms with E-state index in [-0.39, 0.29) is 12.0 Å². The highest BCUT2D eigenvalue weighted by atomic mass is 16.3. The first-order chi connectivity index (χ1) is 8.52. The summed E-state index contributed by atoms with van der Waals surface area (Å²) in [6.07, 6.45) is 7.24. The molecular weight excluding hydrogens is 226 g/mol. The molecule has 2 rings (SSSR count). The molecule has 0 aromatic carbocycles. The lowest BCUT2D eigenvalue weighted by atomic mass is 9.85. The number of hydrogen-bond donors (Lipinski definition) is 2. The van der Waals surface area contributed by atoms with Gasteiger partial charge >= 0.3 is 0 Å². The largest absolute Gasteiger partial charge is 0.396 e. The minimum atomic E-state index is 0.160. The Morgan fingerprint density at radius 2 is 2.22 bits per heavy atom. The van der Waals surface area contributed by atoms with Crippen LogP contribution in [-0.2, 0) is 6.54 Å². The summed E-state index contributed by atoms with van der Waals surface area (Å²) >= 11 is 0. The van der Waals surface area contributed by atoms with Crippen LogP contribution in [0.4, 0.5) is 0 Å². The number of aromatic nitrogens is 2. The van der Waals surface area contributed by atoms with Crippen LogP contribution in [-0.4, -0.2) is 27.3 Å². The molecule has 2 N–H and O–H groups in total. The van der Waals surface area contributed by atoms with Gasteiger partial charge in [0.05, 0.1) is 12.0 Å². The van der Waals surface area contributed by atoms with E-state index < -0.39 is 0 Å². The van der Waals surface area contributed by atoms with Gasteiger partial charge in [-0.2, -0.15) is 0 Å². The maximum absolute atomic E-state index is 9.15. The molecule has 4 heteroatoms. The van der Waals surface area contributed by atoms with Crippen molar-refractivity contribution in [3.8, 4) is 0 Å². The number of aliphatic hydroxyl groups is 1. The Morgan fingerprint density at radius 1 is 1.50 bits per heavy atom. The Morgan fingerprint density at radius 3 is 2.78 bits per heavy atom. The summed E-state index contributed by atoms with van der Waals surface area (Å²) in [6.45, 7) is 7.69. The van der Waals surface area contributed by atoms with Crippen LogP contribution in [0.2, 0.25) is 0 Å². The average molecular weight is 251 g/mol. The first-order valence-electron chi connectivity index (χ1n) is 6.87. The minimum Gasteiger partial charge on any atom is -0.396 e. The van der Waals surface area contributed by atoms with Crippen molar-refractivity contribution in [2.75, 3.05) is 6.61 Å². The van der Waals surface area contributed by atoms with Gasteiger partial charge < -0.3 is 15.0 Å². The zero-order valence-electron chi connectivity index (χ0n) is 11.7. The van der Waals surface area contributed by atoms with Crippen molar-refractivity contribution in [1.82, 2.24) is 14.9 Å². The molecule has 1 fully saturated rings. The first-order valence-corrected chi connectivity index (χ1v) is 6.87. The van der Waals surface area contributed by atoms with E-state index in [4.69, 9.17) is 5.11 Å². The number of imidazole rings is 1. The van der Waals surface area contributed by atoms with E-state index in [9.17, 15) is 0 Å². The molecule has 1 heterocycles. The molecule has 102 valence electrons. The zero-order valence-corrected chi connectivity index (χ0v) is 11.7. The monoisotopic (exact) mass is 251 g/mol. The summed E-state index contributed by atoms with van der Waals surface area (Å²) in [6, 6.07) is 1.00. The van der Waals surface area contributed by atoms with E-state index in [2.05, 4.69) is 35.6 Å². The fourth-order valence-electron chi connectivity index (χ4n) is 2.35. The second-order valence-corrected chi connectivity index (χ2v) is 6.34. The Balaban J connectivity index is 1.94. The lowest BCUT2D eigenvalue weighted by Crippen LogP contribution is -2.40. The minimum absolute atomic E-state index is 0.160. The van der Waals surface area contributed by atoms with Crippen molar-refractivity contribution >= 4 is 0 Å². The molecule has 4 nitrogen and oxygen atoms in total. The highest BCUT2D eigenvalue weighted by Crippen LogP contribution is 2.35. The Kier molecular flexibility index (Phi) is 4.07. The SMILES string of the molecule is CC(C)(C)C(CCO)NCc1cncn1C1CC1. The van der Waals surface area contributed by atoms with Gasteiger partial charge in [-0.1, -0.05) is 20.8 Å². The quantitative estimate of drug-likeness (QED) is 0.814. The molecule has 1 aliphatic rings. The summed E-state index contributed by atoms with van der Waals surface area (Å²) < 4.78 is 2.28. The van der Waals surface area contributed by atoms with Crippen molar-refractivity contribution in [3.63, 3.8) is 0 Å². The summed E-state index contributed by atoms with van der Waals surface area (Å²) in [5.74, 6) is 0. The second-order valence-electron chi connectivity index (χ2n) is 6.34. The van der Waals surface area contributed by atoms with Gasteiger partial charge in [-0.3, -0.25) is 0 Å². The molecule has 1 saturated carbocycles. The van der Waals surface area contributed by atoms with E-state index in [0.717, 1.165) is 13.0 Å². The van der Waals surface area contributed by atoms with Crippen molar-refractivity contribution < 1.29 is 5.11 Å². The maximum atomic E-state index is 9.15. The van der Waals surface area contributed by atoms with Crippen LogP contribution in [0.15, 0.2) is 12.5 Å². The molecule has 0 radical (unpaired) electrons. The van der Waals surface area contributed by atoms with Gasteiger partial charge in [-0.25, -0.2) is 4.98 Å². The van der Waals surface area contributed by atoms with Gasteiger partial charge in [0.15, 0.2) is 0 Å². The highest BCUT2D eigenvalue weighted by Gasteiger charge is 2.27. The van der Waals surface area contributed by atoms with Crippen LogP contribution in [0.5, 0.6) is 0 Å². The van der Waals surface area contributed by atoms with E-state index in [0.29, 0.717) is 12.1 Å². The molecule has 1 atom stereocenters. The predicted molar refractivity (Wildman–Crippen MR) is 72.3 cm³/mol. The van der Waals surface area contributed by atoms with Crippen LogP contribution in [0.25, 0.3) is 0 Å². The molecule has 0 spiro atoms. The van der Waals surface area contributed by atoms with E-state index in [1.807, 2.05) is 12.5 Å². The average Bonchev–Trinajstić information content (AvgIpc) is 3.03. The Bertz CT molecular complexity index is 377. The van der Waals surface area contributed by atoms with Crippen LogP contribution >= 0.6 is 0 Å². The van der Waals surface area contributed by atoms with Crippen LogP contribution in [0.3, 0.4) is 0 Å². The molecule has 1 aromatic rings. The third-order valence-electron chi connectivity index (χ3n) is 3.68. The predicted octanol–water partition coefficient (Wildman–Crippen LogP) is 2.10. The van der Waals surface area contributed by atoms with E-state index in [1.54, 1.807) is 0 Å². The molecule has 1 aromatic heterocycles. The molecule has 1 aliphatic carbocycles. The van der Waals surface area contributed by atoms with Gasteiger partial charge in [-0.15, -0.1) is 0 Å². The highest BCUT2D eigenvalue weighted by molar-refractivity contribution is 5.03. The number of nitrogens with zero attached hydrogens (tertiary/aromatic N) is 2. The lowest BCUT2D eigenvalue weighted by molar-refractivity contribution is 0.195. The molecule has 0 aliphatic heterocycles. The summed E-state index contributed by atoms with van der Waals surface area (Å²) in [5, 5.41) is 12.7. The van der Waals surface area contributed by atoms with Crippen LogP contribution in [0.1, 0.15) is 51.8 Å². The molecule has 1 unspecified atom stereocenters. The number of aliphatic hydroxyl groups excluding tert-OH is 1. The van der Waals surface area contributed by atoms with Gasteiger partial charge in [0.25, 0.3) is 0 Å². The van der Waals surface area contributed by atoms with Gasteiger partial charge in [-0.05, 0) is 24.7 Å². The Labute approximate surface area is 109 Å². The molecule has 0 bridgehead atoms. The van der Waals surface area contributed by atoms with Crippen molar-refractivity contribution in [2.45, 2.75) is 58.7 Å². The van der Waals surface area contributed by atoms with E-state index in [1.165, 1.54) is 18.5 Å². The number of nitrogens with one attached hydrogen (secondary N) is 1. The fraction of sp³-hybridized carbons (Fsp3) is 0.786. The van der Waals surface area contributed by atoms with Crippen LogP contribution < -0.4 is 5.32 Å². The first kappa shape index (κ1) is 13.6. The van der Waals surface area contributed by atoms with E-state index >= 15 is 0 Å². The molecule has 18 heavy (non-hydrogen) atoms. The smallest absolute Gasteiger partial charge is 0.0951 e. The van der Waals surface area contributed by atoms with Crippen molar-refractivity contribution in [2.24, 2.45) is 5.41 Å². The number of rotatable bonds is 6. The normalized spacial score (nSPS) is 18.0. The Hall–Kier alpha value is -0.870. The third-order valence-corrected chi connectivity index (χ3v) is 3.68. The molecular formula is C14H25N3O. The zero-order chi connectivity index (χ0) is 13.2. The fourth-order valence-corrected chi connectivity index (χ4v) is 2.35. The van der Waals surface area contributed by atoms with Gasteiger partial charge in [0.2, 0.25) is 0 Å². The lowest BCUT2D eigenvalue weighted by Gasteiger charge is -2.31. The topological polar surface area (TPSA) is 50.1 Å². The second kappa shape index (κ2) is 5.41. The third kappa shape index (κ3) is 3.33. The summed E-state index contributed by atoms with van der Waals surface area (Å²) in [4.78, 5) is 4.24.